The molecule has 0 saturated carbocycles. The monoisotopic (exact) mass is 396 g/mol. The first-order valence-electron chi connectivity index (χ1n) is 8.56. The Morgan fingerprint density at radius 1 is 1.11 bits per heavy atom. The SMILES string of the molecule is CCc1cccc(NC(=S)NNC(=O)c2sc(-c3ccccc3)nc2C)c1. The van der Waals surface area contributed by atoms with Crippen LogP contribution < -0.4 is 16.2 Å². The molecule has 0 radical (unpaired) electrons. The van der Waals surface area contributed by atoms with Crippen LogP contribution in [0.15, 0.2) is 54.6 Å². The summed E-state index contributed by atoms with van der Waals surface area (Å²) in [6.07, 6.45) is 0.945. The predicted octanol–water partition coefficient (Wildman–Crippen LogP) is 4.31. The topological polar surface area (TPSA) is 66.0 Å². The number of hydrazine groups is 1. The zero-order valence-electron chi connectivity index (χ0n) is 15.1. The van der Waals surface area contributed by atoms with Crippen LogP contribution in [0.2, 0.25) is 0 Å². The lowest BCUT2D eigenvalue weighted by atomic mass is 10.1. The molecular weight excluding hydrogens is 376 g/mol. The molecule has 7 heteroatoms. The summed E-state index contributed by atoms with van der Waals surface area (Å²) < 4.78 is 0. The molecule has 0 bridgehead atoms. The van der Waals surface area contributed by atoms with Crippen molar-refractivity contribution in [3.05, 3.63) is 70.7 Å². The average molecular weight is 397 g/mol. The highest BCUT2D eigenvalue weighted by molar-refractivity contribution is 7.80. The van der Waals surface area contributed by atoms with E-state index in [2.05, 4.69) is 34.1 Å². The van der Waals surface area contributed by atoms with Crippen molar-refractivity contribution >= 4 is 40.3 Å². The van der Waals surface area contributed by atoms with Crippen LogP contribution in [0.5, 0.6) is 0 Å². The first-order valence-corrected chi connectivity index (χ1v) is 9.78. The second-order valence-electron chi connectivity index (χ2n) is 5.89. The fraction of sp³-hybridized carbons (Fsp3) is 0.150. The Morgan fingerprint density at radius 3 is 2.63 bits per heavy atom. The van der Waals surface area contributed by atoms with Crippen LogP contribution in [-0.2, 0) is 6.42 Å². The van der Waals surface area contributed by atoms with Crippen LogP contribution in [0.4, 0.5) is 5.69 Å². The van der Waals surface area contributed by atoms with Crippen molar-refractivity contribution in [2.24, 2.45) is 0 Å². The molecule has 2 aromatic carbocycles. The minimum Gasteiger partial charge on any atom is -0.331 e. The molecular formula is C20H20N4OS2. The van der Waals surface area contributed by atoms with E-state index in [4.69, 9.17) is 12.2 Å². The predicted molar refractivity (Wildman–Crippen MR) is 115 cm³/mol. The lowest BCUT2D eigenvalue weighted by Crippen LogP contribution is -2.43. The zero-order valence-corrected chi connectivity index (χ0v) is 16.7. The van der Waals surface area contributed by atoms with Crippen LogP contribution in [0.25, 0.3) is 10.6 Å². The van der Waals surface area contributed by atoms with E-state index in [0.717, 1.165) is 22.7 Å². The molecule has 1 aromatic heterocycles. The number of nitrogens with zero attached hydrogens (tertiary/aromatic N) is 1. The van der Waals surface area contributed by atoms with Gasteiger partial charge in [-0.1, -0.05) is 49.4 Å². The van der Waals surface area contributed by atoms with Gasteiger partial charge >= 0.3 is 0 Å². The number of carbonyl (C=O) groups is 1. The van der Waals surface area contributed by atoms with Gasteiger partial charge in [0.05, 0.1) is 5.69 Å². The third kappa shape index (κ3) is 4.90. The number of hydrogen-bond donors (Lipinski definition) is 3. The van der Waals surface area contributed by atoms with Crippen molar-refractivity contribution in [3.63, 3.8) is 0 Å². The zero-order chi connectivity index (χ0) is 19.2. The first-order chi connectivity index (χ1) is 13.1. The van der Waals surface area contributed by atoms with E-state index in [1.54, 1.807) is 0 Å². The van der Waals surface area contributed by atoms with Gasteiger partial charge < -0.3 is 5.32 Å². The number of carbonyl (C=O) groups excluding carboxylic acids is 1. The average Bonchev–Trinajstić information content (AvgIpc) is 3.09. The second kappa shape index (κ2) is 8.75. The molecule has 3 aromatic rings. The minimum atomic E-state index is -0.265. The molecule has 0 spiro atoms. The van der Waals surface area contributed by atoms with Gasteiger partial charge in [-0.3, -0.25) is 15.6 Å². The van der Waals surface area contributed by atoms with Crippen LogP contribution in [0.3, 0.4) is 0 Å². The van der Waals surface area contributed by atoms with Gasteiger partial charge in [-0.25, -0.2) is 4.98 Å². The van der Waals surface area contributed by atoms with Crippen molar-refractivity contribution in [3.8, 4) is 10.6 Å². The Balaban J connectivity index is 1.60. The maximum atomic E-state index is 12.5. The van der Waals surface area contributed by atoms with Gasteiger partial charge in [0, 0.05) is 11.3 Å². The molecule has 3 rings (SSSR count). The number of thiazole rings is 1. The quantitative estimate of drug-likeness (QED) is 0.453. The molecule has 0 aliphatic rings. The molecule has 0 fully saturated rings. The van der Waals surface area contributed by atoms with Crippen LogP contribution in [0, 0.1) is 6.92 Å². The fourth-order valence-corrected chi connectivity index (χ4v) is 3.65. The Morgan fingerprint density at radius 2 is 1.89 bits per heavy atom. The van der Waals surface area contributed by atoms with Crippen molar-refractivity contribution in [1.82, 2.24) is 15.8 Å². The number of aryl methyl sites for hydroxylation is 2. The Kier molecular flexibility index (Phi) is 6.16. The summed E-state index contributed by atoms with van der Waals surface area (Å²) in [4.78, 5) is 17.5. The Hall–Kier alpha value is -2.77. The molecule has 0 aliphatic carbocycles. The summed E-state index contributed by atoms with van der Waals surface area (Å²) in [5.74, 6) is -0.265. The molecule has 3 N–H and O–H groups in total. The lowest BCUT2D eigenvalue weighted by Gasteiger charge is -2.12. The summed E-state index contributed by atoms with van der Waals surface area (Å²) in [5, 5.41) is 4.20. The summed E-state index contributed by atoms with van der Waals surface area (Å²) in [7, 11) is 0. The number of benzene rings is 2. The Bertz CT molecular complexity index is 954. The number of thiocarbonyl (C=S) groups is 1. The maximum Gasteiger partial charge on any atom is 0.281 e. The molecule has 5 nitrogen and oxygen atoms in total. The van der Waals surface area contributed by atoms with Crippen LogP contribution in [0.1, 0.15) is 27.9 Å². The van der Waals surface area contributed by atoms with E-state index < -0.39 is 0 Å². The van der Waals surface area contributed by atoms with Crippen LogP contribution in [-0.4, -0.2) is 16.0 Å². The summed E-state index contributed by atoms with van der Waals surface area (Å²) >= 11 is 6.60. The third-order valence-electron chi connectivity index (χ3n) is 3.91. The van der Waals surface area contributed by atoms with Gasteiger partial charge in [0.1, 0.15) is 9.88 Å². The van der Waals surface area contributed by atoms with Crippen molar-refractivity contribution in [1.29, 1.82) is 0 Å². The van der Waals surface area contributed by atoms with Gasteiger partial charge in [-0.05, 0) is 43.3 Å². The van der Waals surface area contributed by atoms with Gasteiger partial charge in [0.2, 0.25) is 0 Å². The molecule has 27 heavy (non-hydrogen) atoms. The van der Waals surface area contributed by atoms with Gasteiger partial charge in [-0.15, -0.1) is 11.3 Å². The number of nitrogens with one attached hydrogen (secondary N) is 3. The standard InChI is InChI=1S/C20H20N4OS2/c1-3-14-8-7-11-16(12-14)22-20(26)24-23-18(25)17-13(2)21-19(27-17)15-9-5-4-6-10-15/h4-12H,3H2,1-2H3,(H,23,25)(H2,22,24,26). The highest BCUT2D eigenvalue weighted by Crippen LogP contribution is 2.27. The van der Waals surface area contributed by atoms with E-state index in [0.29, 0.717) is 15.7 Å². The van der Waals surface area contributed by atoms with Gasteiger partial charge in [-0.2, -0.15) is 0 Å². The molecule has 0 unspecified atom stereocenters. The Labute approximate surface area is 167 Å². The highest BCUT2D eigenvalue weighted by atomic mass is 32.1. The van der Waals surface area contributed by atoms with E-state index >= 15 is 0 Å². The number of hydrogen-bond acceptors (Lipinski definition) is 4. The largest absolute Gasteiger partial charge is 0.331 e. The van der Waals surface area contributed by atoms with Crippen molar-refractivity contribution in [2.75, 3.05) is 5.32 Å². The minimum absolute atomic E-state index is 0.265. The molecule has 0 atom stereocenters. The van der Waals surface area contributed by atoms with Crippen molar-refractivity contribution < 1.29 is 4.79 Å². The highest BCUT2D eigenvalue weighted by Gasteiger charge is 2.16. The second-order valence-corrected chi connectivity index (χ2v) is 7.29. The maximum absolute atomic E-state index is 12.5. The van der Waals surface area contributed by atoms with E-state index in [1.165, 1.54) is 16.9 Å². The molecule has 138 valence electrons. The number of amides is 1. The van der Waals surface area contributed by atoms with E-state index in [1.807, 2.05) is 55.5 Å². The fourth-order valence-electron chi connectivity index (χ4n) is 2.51. The molecule has 1 amide bonds. The van der Waals surface area contributed by atoms with E-state index in [9.17, 15) is 4.79 Å². The van der Waals surface area contributed by atoms with Crippen molar-refractivity contribution in [2.45, 2.75) is 20.3 Å². The summed E-state index contributed by atoms with van der Waals surface area (Å²) in [5.41, 5.74) is 9.14. The number of anilines is 1. The normalized spacial score (nSPS) is 10.3. The number of rotatable bonds is 4. The van der Waals surface area contributed by atoms with Crippen LogP contribution >= 0.6 is 23.6 Å². The lowest BCUT2D eigenvalue weighted by molar-refractivity contribution is 0.0947. The number of aromatic nitrogens is 1. The van der Waals surface area contributed by atoms with Gasteiger partial charge in [0.25, 0.3) is 5.91 Å². The third-order valence-corrected chi connectivity index (χ3v) is 5.32. The molecule has 1 heterocycles. The molecule has 0 saturated heterocycles. The smallest absolute Gasteiger partial charge is 0.281 e. The van der Waals surface area contributed by atoms with Gasteiger partial charge in [0.15, 0.2) is 5.11 Å². The summed E-state index contributed by atoms with van der Waals surface area (Å²) in [6, 6.07) is 17.8. The first kappa shape index (κ1) is 19.0. The van der Waals surface area contributed by atoms with E-state index in [-0.39, 0.29) is 5.91 Å². The molecule has 0 aliphatic heterocycles. The summed E-state index contributed by atoms with van der Waals surface area (Å²) in [6.45, 7) is 3.92.